The molecule has 9 nitrogen and oxygen atoms in total. The highest BCUT2D eigenvalue weighted by Gasteiger charge is 2.17. The molecule has 4 aromatic rings. The molecule has 2 aromatic carbocycles. The Balaban J connectivity index is 1.79. The first-order chi connectivity index (χ1) is 15.8. The van der Waals surface area contributed by atoms with Crippen molar-refractivity contribution in [2.45, 2.75) is 6.42 Å². The average Bonchev–Trinajstić information content (AvgIpc) is 2.72. The van der Waals surface area contributed by atoms with Gasteiger partial charge in [0.05, 0.1) is 11.2 Å². The smallest absolute Gasteiger partial charge is 0.268 e. The fourth-order valence-electron chi connectivity index (χ4n) is 3.36. The molecule has 33 heavy (non-hydrogen) atoms. The number of nitrogens with one attached hydrogen (secondary N) is 1. The van der Waals surface area contributed by atoms with Crippen LogP contribution in [0.5, 0.6) is 0 Å². The Bertz CT molecular complexity index is 1480. The number of fused-ring (bicyclic) bond motifs is 1. The Morgan fingerprint density at radius 3 is 2.48 bits per heavy atom. The number of nitrogen functional groups attached to an aromatic ring is 2. The molecule has 0 bridgehead atoms. The predicted octanol–water partition coefficient (Wildman–Crippen LogP) is 2.28. The second-order valence-electron chi connectivity index (χ2n) is 6.91. The number of halogens is 3. The lowest BCUT2D eigenvalue weighted by atomic mass is 10.2. The zero-order valence-corrected chi connectivity index (χ0v) is 16.8. The number of hydrogen-bond acceptors (Lipinski definition) is 8. The van der Waals surface area contributed by atoms with Gasteiger partial charge in [-0.1, -0.05) is 6.07 Å². The predicted molar refractivity (Wildman–Crippen MR) is 115 cm³/mol. The lowest BCUT2D eigenvalue weighted by molar-refractivity contribution is 0.580. The van der Waals surface area contributed by atoms with E-state index in [0.29, 0.717) is 6.07 Å². The molecule has 0 radical (unpaired) electrons. The van der Waals surface area contributed by atoms with Crippen molar-refractivity contribution in [1.29, 1.82) is 5.26 Å². The van der Waals surface area contributed by atoms with Crippen molar-refractivity contribution in [3.63, 3.8) is 0 Å². The third-order valence-corrected chi connectivity index (χ3v) is 4.73. The molecule has 12 heteroatoms. The topological polar surface area (TPSA) is 149 Å². The third-order valence-electron chi connectivity index (χ3n) is 4.73. The summed E-state index contributed by atoms with van der Waals surface area (Å²) in [6.07, 6.45) is 0.0223. The van der Waals surface area contributed by atoms with Crippen molar-refractivity contribution < 1.29 is 13.2 Å². The Labute approximate surface area is 184 Å². The molecule has 0 aliphatic heterocycles. The summed E-state index contributed by atoms with van der Waals surface area (Å²) >= 11 is 0. The third kappa shape index (κ3) is 4.11. The van der Waals surface area contributed by atoms with Crippen molar-refractivity contribution in [3.8, 4) is 11.8 Å². The van der Waals surface area contributed by atoms with Crippen LogP contribution in [0.1, 0.15) is 11.4 Å². The van der Waals surface area contributed by atoms with E-state index in [1.807, 2.05) is 6.07 Å². The van der Waals surface area contributed by atoms with E-state index < -0.39 is 23.0 Å². The zero-order valence-electron chi connectivity index (χ0n) is 16.8. The van der Waals surface area contributed by atoms with E-state index >= 15 is 0 Å². The minimum Gasteiger partial charge on any atom is -0.382 e. The van der Waals surface area contributed by atoms with Gasteiger partial charge in [-0.05, 0) is 24.3 Å². The van der Waals surface area contributed by atoms with E-state index in [0.717, 1.165) is 22.8 Å². The van der Waals surface area contributed by atoms with Crippen LogP contribution in [0.25, 0.3) is 16.6 Å². The second kappa shape index (κ2) is 8.46. The number of hydrogen-bond donors (Lipinski definition) is 3. The van der Waals surface area contributed by atoms with E-state index in [4.69, 9.17) is 11.5 Å². The van der Waals surface area contributed by atoms with Gasteiger partial charge in [-0.15, -0.1) is 0 Å². The van der Waals surface area contributed by atoms with Gasteiger partial charge >= 0.3 is 0 Å². The van der Waals surface area contributed by atoms with Crippen LogP contribution < -0.4 is 22.3 Å². The lowest BCUT2D eigenvalue weighted by Crippen LogP contribution is -2.26. The molecule has 2 aromatic heterocycles. The normalized spacial score (nSPS) is 10.8. The molecule has 0 unspecified atom stereocenters. The van der Waals surface area contributed by atoms with Gasteiger partial charge in [-0.25, -0.2) is 18.2 Å². The molecular formula is C21H15F3N8O. The van der Waals surface area contributed by atoms with E-state index in [2.05, 4.69) is 20.3 Å². The number of anilines is 3. The number of rotatable bonds is 5. The van der Waals surface area contributed by atoms with Crippen LogP contribution in [0, 0.1) is 28.8 Å². The fraction of sp³-hybridized carbons (Fsp3) is 0.0952. The molecule has 0 aliphatic carbocycles. The zero-order chi connectivity index (χ0) is 23.7. The number of nitrogens with two attached hydrogens (primary N) is 2. The minimum atomic E-state index is -0.916. The first-order valence-corrected chi connectivity index (χ1v) is 9.52. The summed E-state index contributed by atoms with van der Waals surface area (Å²) in [4.78, 5) is 25.1. The summed E-state index contributed by atoms with van der Waals surface area (Å²) in [5, 5.41) is 11.8. The Kier molecular flexibility index (Phi) is 5.53. The van der Waals surface area contributed by atoms with Crippen molar-refractivity contribution in [1.82, 2.24) is 19.5 Å². The van der Waals surface area contributed by atoms with Gasteiger partial charge in [0.2, 0.25) is 5.95 Å². The molecule has 0 aliphatic rings. The quantitative estimate of drug-likeness (QED) is 0.418. The van der Waals surface area contributed by atoms with Gasteiger partial charge in [-0.3, -0.25) is 9.36 Å². The van der Waals surface area contributed by atoms with Crippen molar-refractivity contribution in [2.75, 3.05) is 23.3 Å². The van der Waals surface area contributed by atoms with Crippen LogP contribution in [0.4, 0.5) is 30.8 Å². The molecule has 0 fully saturated rings. The van der Waals surface area contributed by atoms with E-state index in [1.54, 1.807) is 0 Å². The molecule has 0 saturated heterocycles. The molecule has 5 N–H and O–H groups in total. The average molecular weight is 452 g/mol. The molecular weight excluding hydrogens is 437 g/mol. The van der Waals surface area contributed by atoms with Crippen LogP contribution in [0.3, 0.4) is 0 Å². The molecule has 2 heterocycles. The van der Waals surface area contributed by atoms with Crippen molar-refractivity contribution in [3.05, 3.63) is 75.6 Å². The van der Waals surface area contributed by atoms with Gasteiger partial charge in [-0.2, -0.15) is 15.2 Å². The number of benzene rings is 2. The van der Waals surface area contributed by atoms with Crippen molar-refractivity contribution >= 4 is 28.5 Å². The maximum absolute atomic E-state index is 14.4. The highest BCUT2D eigenvalue weighted by molar-refractivity contribution is 5.78. The fourth-order valence-corrected chi connectivity index (χ4v) is 3.36. The maximum atomic E-state index is 14.4. The Hall–Kier alpha value is -4.66. The van der Waals surface area contributed by atoms with Crippen LogP contribution in [0.15, 0.2) is 41.2 Å². The summed E-state index contributed by atoms with van der Waals surface area (Å²) in [5.74, 6) is -2.75. The number of aromatic nitrogens is 4. The first-order valence-electron chi connectivity index (χ1n) is 9.52. The summed E-state index contributed by atoms with van der Waals surface area (Å²) in [6, 6.07) is 8.33. The van der Waals surface area contributed by atoms with E-state index in [1.165, 1.54) is 12.1 Å². The van der Waals surface area contributed by atoms with Gasteiger partial charge in [0, 0.05) is 19.0 Å². The highest BCUT2D eigenvalue weighted by atomic mass is 19.1. The molecule has 166 valence electrons. The number of nitriles is 1. The van der Waals surface area contributed by atoms with Gasteiger partial charge < -0.3 is 16.8 Å². The largest absolute Gasteiger partial charge is 0.382 e. The molecule has 0 saturated carbocycles. The summed E-state index contributed by atoms with van der Waals surface area (Å²) in [7, 11) is 0. The lowest BCUT2D eigenvalue weighted by Gasteiger charge is -2.15. The van der Waals surface area contributed by atoms with Crippen LogP contribution >= 0.6 is 0 Å². The van der Waals surface area contributed by atoms with Crippen molar-refractivity contribution in [2.24, 2.45) is 0 Å². The minimum absolute atomic E-state index is 0.0223. The molecule has 4 rings (SSSR count). The van der Waals surface area contributed by atoms with E-state index in [-0.39, 0.29) is 58.5 Å². The molecule has 0 spiro atoms. The number of nitrogens with zero attached hydrogens (tertiary/aromatic N) is 5. The molecule has 0 atom stereocenters. The van der Waals surface area contributed by atoms with Gasteiger partial charge in [0.15, 0.2) is 5.82 Å². The summed E-state index contributed by atoms with van der Waals surface area (Å²) < 4.78 is 43.1. The summed E-state index contributed by atoms with van der Waals surface area (Å²) in [6.45, 7) is 0.0651. The van der Waals surface area contributed by atoms with Gasteiger partial charge in [0.25, 0.3) is 5.56 Å². The Morgan fingerprint density at radius 2 is 1.79 bits per heavy atom. The van der Waals surface area contributed by atoms with Crippen LogP contribution in [0.2, 0.25) is 0 Å². The van der Waals surface area contributed by atoms with Crippen LogP contribution in [-0.4, -0.2) is 26.1 Å². The van der Waals surface area contributed by atoms with Gasteiger partial charge in [0.1, 0.15) is 46.1 Å². The SMILES string of the molecule is N#Cc1c(N)nc(N)nc1NCCc1nc2cccc(F)c2c(=O)n1-c1cc(F)cc(F)c1. The highest BCUT2D eigenvalue weighted by Crippen LogP contribution is 2.20. The standard InChI is InChI=1S/C21H15F3N8O/c22-10-6-11(23)8-12(7-10)32-16(29-15-3-1-2-14(24)17(15)20(32)33)4-5-28-19-13(9-25)18(26)30-21(27)31-19/h1-3,6-8H,4-5H2,(H5,26,27,28,30,31). The van der Waals surface area contributed by atoms with Crippen LogP contribution in [-0.2, 0) is 6.42 Å². The van der Waals surface area contributed by atoms with E-state index in [9.17, 15) is 23.2 Å². The summed E-state index contributed by atoms with van der Waals surface area (Å²) in [5.41, 5.74) is 10.3. The Morgan fingerprint density at radius 1 is 1.06 bits per heavy atom. The molecule has 0 amide bonds. The maximum Gasteiger partial charge on any atom is 0.268 e. The second-order valence-corrected chi connectivity index (χ2v) is 6.91. The first kappa shape index (κ1) is 21.6. The monoisotopic (exact) mass is 452 g/mol.